The Balaban J connectivity index is 2.25. The molecular weight excluding hydrogens is 283 g/mol. The van der Waals surface area contributed by atoms with E-state index in [0.717, 1.165) is 12.1 Å². The molecular formula is C15H12F3NO2. The van der Waals surface area contributed by atoms with Crippen molar-refractivity contribution in [1.29, 1.82) is 0 Å². The number of aliphatic imine (C=N–C) groups is 1. The van der Waals surface area contributed by atoms with Gasteiger partial charge in [-0.3, -0.25) is 4.99 Å². The topological polar surface area (TPSA) is 41.8 Å². The van der Waals surface area contributed by atoms with Crippen LogP contribution < -0.4 is 4.74 Å². The van der Waals surface area contributed by atoms with Gasteiger partial charge in [0.25, 0.3) is 0 Å². The van der Waals surface area contributed by atoms with Crippen molar-refractivity contribution < 1.29 is 23.0 Å². The van der Waals surface area contributed by atoms with Crippen molar-refractivity contribution >= 4 is 11.9 Å². The van der Waals surface area contributed by atoms with E-state index in [-0.39, 0.29) is 17.2 Å². The molecule has 0 atom stereocenters. The third kappa shape index (κ3) is 3.75. The van der Waals surface area contributed by atoms with E-state index in [4.69, 9.17) is 4.74 Å². The molecule has 2 aromatic carbocycles. The molecule has 0 aliphatic carbocycles. The molecule has 0 spiro atoms. The molecule has 0 aliphatic heterocycles. The van der Waals surface area contributed by atoms with Crippen LogP contribution in [-0.2, 0) is 6.18 Å². The van der Waals surface area contributed by atoms with Crippen LogP contribution in [-0.4, -0.2) is 18.4 Å². The quantitative estimate of drug-likeness (QED) is 0.863. The molecule has 1 N–H and O–H groups in total. The lowest BCUT2D eigenvalue weighted by atomic mass is 10.2. The first kappa shape index (κ1) is 14.9. The lowest BCUT2D eigenvalue weighted by molar-refractivity contribution is -0.137. The number of ether oxygens (including phenoxy) is 1. The molecule has 2 aromatic rings. The molecule has 21 heavy (non-hydrogen) atoms. The summed E-state index contributed by atoms with van der Waals surface area (Å²) in [6.45, 7) is 0. The Morgan fingerprint density at radius 1 is 1.14 bits per heavy atom. The number of benzene rings is 2. The minimum atomic E-state index is -4.40. The van der Waals surface area contributed by atoms with E-state index in [1.54, 1.807) is 6.07 Å². The maximum Gasteiger partial charge on any atom is 0.416 e. The molecule has 0 fully saturated rings. The zero-order valence-corrected chi connectivity index (χ0v) is 11.1. The average molecular weight is 295 g/mol. The summed E-state index contributed by atoms with van der Waals surface area (Å²) >= 11 is 0. The van der Waals surface area contributed by atoms with Gasteiger partial charge in [-0.2, -0.15) is 13.2 Å². The molecule has 0 bridgehead atoms. The second-order valence-electron chi connectivity index (χ2n) is 4.24. The third-order valence-corrected chi connectivity index (χ3v) is 2.74. The fourth-order valence-corrected chi connectivity index (χ4v) is 1.69. The number of hydrogen-bond acceptors (Lipinski definition) is 3. The minimum absolute atomic E-state index is 0.0197. The second kappa shape index (κ2) is 5.87. The molecule has 0 amide bonds. The molecule has 110 valence electrons. The summed E-state index contributed by atoms with van der Waals surface area (Å²) in [5.41, 5.74) is 0.0411. The van der Waals surface area contributed by atoms with Crippen LogP contribution in [0.4, 0.5) is 18.9 Å². The number of hydrogen-bond donors (Lipinski definition) is 1. The van der Waals surface area contributed by atoms with Crippen molar-refractivity contribution in [3.8, 4) is 11.5 Å². The summed E-state index contributed by atoms with van der Waals surface area (Å²) in [6, 6.07) is 9.26. The van der Waals surface area contributed by atoms with Crippen LogP contribution in [0.15, 0.2) is 47.5 Å². The minimum Gasteiger partial charge on any atom is -0.504 e. The van der Waals surface area contributed by atoms with Crippen LogP contribution in [0.3, 0.4) is 0 Å². The molecule has 0 saturated heterocycles. The van der Waals surface area contributed by atoms with Crippen LogP contribution in [0.25, 0.3) is 0 Å². The average Bonchev–Trinajstić information content (AvgIpc) is 2.46. The van der Waals surface area contributed by atoms with Gasteiger partial charge in [-0.15, -0.1) is 0 Å². The van der Waals surface area contributed by atoms with E-state index in [1.807, 2.05) is 0 Å². The van der Waals surface area contributed by atoms with E-state index < -0.39 is 11.7 Å². The number of rotatable bonds is 3. The third-order valence-electron chi connectivity index (χ3n) is 2.74. The van der Waals surface area contributed by atoms with Crippen LogP contribution in [0.2, 0.25) is 0 Å². The first-order valence-corrected chi connectivity index (χ1v) is 5.98. The van der Waals surface area contributed by atoms with Crippen LogP contribution in [0.1, 0.15) is 11.1 Å². The van der Waals surface area contributed by atoms with E-state index in [9.17, 15) is 18.3 Å². The first-order chi connectivity index (χ1) is 9.90. The Bertz CT molecular complexity index is 666. The Labute approximate surface area is 119 Å². The summed E-state index contributed by atoms with van der Waals surface area (Å²) in [5.74, 6) is 0.247. The zero-order chi connectivity index (χ0) is 15.5. The highest BCUT2D eigenvalue weighted by Gasteiger charge is 2.30. The molecule has 0 heterocycles. The second-order valence-corrected chi connectivity index (χ2v) is 4.24. The summed E-state index contributed by atoms with van der Waals surface area (Å²) in [4.78, 5) is 3.99. The maximum absolute atomic E-state index is 12.6. The SMILES string of the molecule is COc1cc(C=Nc2cccc(C(F)(F)F)c2)ccc1O. The monoisotopic (exact) mass is 295 g/mol. The Morgan fingerprint density at radius 3 is 2.57 bits per heavy atom. The predicted octanol–water partition coefficient (Wildman–Crippen LogP) is 4.17. The van der Waals surface area contributed by atoms with E-state index in [0.29, 0.717) is 5.56 Å². The van der Waals surface area contributed by atoms with Gasteiger partial charge in [0.05, 0.1) is 18.4 Å². The Morgan fingerprint density at radius 2 is 1.90 bits per heavy atom. The molecule has 0 aliphatic rings. The summed E-state index contributed by atoms with van der Waals surface area (Å²) in [7, 11) is 1.41. The maximum atomic E-state index is 12.6. The van der Waals surface area contributed by atoms with Crippen LogP contribution in [0, 0.1) is 0 Å². The largest absolute Gasteiger partial charge is 0.504 e. The van der Waals surface area contributed by atoms with E-state index in [2.05, 4.69) is 4.99 Å². The summed E-state index contributed by atoms with van der Waals surface area (Å²) < 4.78 is 42.7. The molecule has 3 nitrogen and oxygen atoms in total. The van der Waals surface area contributed by atoms with Gasteiger partial charge in [0.15, 0.2) is 11.5 Å². The number of methoxy groups -OCH3 is 1. The highest BCUT2D eigenvalue weighted by molar-refractivity contribution is 5.83. The Kier molecular flexibility index (Phi) is 4.16. The normalized spacial score (nSPS) is 11.8. The first-order valence-electron chi connectivity index (χ1n) is 5.98. The predicted molar refractivity (Wildman–Crippen MR) is 73.4 cm³/mol. The molecule has 0 unspecified atom stereocenters. The van der Waals surface area contributed by atoms with Crippen molar-refractivity contribution in [3.63, 3.8) is 0 Å². The Hall–Kier alpha value is -2.50. The van der Waals surface area contributed by atoms with Gasteiger partial charge in [-0.05, 0) is 42.0 Å². The van der Waals surface area contributed by atoms with Crippen molar-refractivity contribution in [2.45, 2.75) is 6.18 Å². The fourth-order valence-electron chi connectivity index (χ4n) is 1.69. The van der Waals surface area contributed by atoms with Crippen LogP contribution >= 0.6 is 0 Å². The smallest absolute Gasteiger partial charge is 0.416 e. The van der Waals surface area contributed by atoms with Crippen molar-refractivity contribution in [1.82, 2.24) is 0 Å². The number of alkyl halides is 3. The number of halogens is 3. The van der Waals surface area contributed by atoms with Gasteiger partial charge in [-0.25, -0.2) is 0 Å². The molecule has 0 radical (unpaired) electrons. The van der Waals surface area contributed by atoms with Gasteiger partial charge >= 0.3 is 6.18 Å². The number of phenols is 1. The van der Waals surface area contributed by atoms with E-state index in [1.165, 1.54) is 37.6 Å². The zero-order valence-electron chi connectivity index (χ0n) is 11.1. The van der Waals surface area contributed by atoms with Gasteiger partial charge < -0.3 is 9.84 Å². The highest BCUT2D eigenvalue weighted by atomic mass is 19.4. The molecule has 6 heteroatoms. The van der Waals surface area contributed by atoms with Crippen molar-refractivity contribution in [2.24, 2.45) is 4.99 Å². The number of aromatic hydroxyl groups is 1. The highest BCUT2D eigenvalue weighted by Crippen LogP contribution is 2.31. The van der Waals surface area contributed by atoms with Gasteiger partial charge in [0.1, 0.15) is 0 Å². The lowest BCUT2D eigenvalue weighted by Crippen LogP contribution is -2.03. The van der Waals surface area contributed by atoms with Crippen molar-refractivity contribution in [3.05, 3.63) is 53.6 Å². The van der Waals surface area contributed by atoms with Crippen LogP contribution in [0.5, 0.6) is 11.5 Å². The van der Waals surface area contributed by atoms with Crippen molar-refractivity contribution in [2.75, 3.05) is 7.11 Å². The summed E-state index contributed by atoms with van der Waals surface area (Å²) in [5, 5.41) is 9.45. The summed E-state index contributed by atoms with van der Waals surface area (Å²) in [6.07, 6.45) is -3.00. The number of phenolic OH excluding ortho intramolecular Hbond substituents is 1. The lowest BCUT2D eigenvalue weighted by Gasteiger charge is -2.06. The molecule has 0 saturated carbocycles. The molecule has 2 rings (SSSR count). The fraction of sp³-hybridized carbons (Fsp3) is 0.133. The standard InChI is InChI=1S/C15H12F3NO2/c1-21-14-7-10(5-6-13(14)20)9-19-12-4-2-3-11(8-12)15(16,17)18/h2-9,20H,1H3. The van der Waals surface area contributed by atoms with Gasteiger partial charge in [0, 0.05) is 6.21 Å². The van der Waals surface area contributed by atoms with Gasteiger partial charge in [-0.1, -0.05) is 6.07 Å². The van der Waals surface area contributed by atoms with Gasteiger partial charge in [0.2, 0.25) is 0 Å². The number of nitrogens with zero attached hydrogens (tertiary/aromatic N) is 1. The van der Waals surface area contributed by atoms with E-state index >= 15 is 0 Å². The molecule has 0 aromatic heterocycles.